The molecule has 2 aromatic heterocycles. The van der Waals surface area contributed by atoms with Crippen LogP contribution in [0.25, 0.3) is 16.3 Å². The van der Waals surface area contributed by atoms with Crippen LogP contribution in [-0.2, 0) is 14.3 Å². The average molecular weight is 426 g/mol. The smallest absolute Gasteiger partial charge is 0.342 e. The van der Waals surface area contributed by atoms with Gasteiger partial charge in [0.1, 0.15) is 11.3 Å². The summed E-state index contributed by atoms with van der Waals surface area (Å²) in [5, 5.41) is 6.52. The second-order valence-electron chi connectivity index (χ2n) is 7.28. The highest BCUT2D eigenvalue weighted by atomic mass is 32.1. The van der Waals surface area contributed by atoms with Crippen molar-refractivity contribution in [2.75, 3.05) is 19.7 Å². The van der Waals surface area contributed by atoms with E-state index in [9.17, 15) is 9.59 Å². The fourth-order valence-corrected chi connectivity index (χ4v) is 4.23. The fourth-order valence-electron chi connectivity index (χ4n) is 3.51. The summed E-state index contributed by atoms with van der Waals surface area (Å²) >= 11 is 1.49. The Morgan fingerprint density at radius 1 is 1.13 bits per heavy atom. The summed E-state index contributed by atoms with van der Waals surface area (Å²) in [5.41, 5.74) is 1.71. The molecule has 1 aromatic carbocycles. The Morgan fingerprint density at radius 3 is 2.53 bits per heavy atom. The van der Waals surface area contributed by atoms with Gasteiger partial charge in [-0.15, -0.1) is 11.3 Å². The first-order valence-electron chi connectivity index (χ1n) is 9.80. The molecule has 156 valence electrons. The van der Waals surface area contributed by atoms with Gasteiger partial charge in [-0.1, -0.05) is 24.3 Å². The van der Waals surface area contributed by atoms with Crippen molar-refractivity contribution in [2.45, 2.75) is 26.1 Å². The third kappa shape index (κ3) is 4.44. The lowest BCUT2D eigenvalue weighted by Gasteiger charge is -2.35. The number of aromatic nitrogens is 2. The topological polar surface area (TPSA) is 73.7 Å². The fraction of sp³-hybridized carbons (Fsp3) is 0.318. The molecular weight excluding hydrogens is 402 g/mol. The van der Waals surface area contributed by atoms with Gasteiger partial charge in [0.15, 0.2) is 6.61 Å². The number of hydrogen-bond donors (Lipinski definition) is 0. The number of thiophene rings is 1. The second-order valence-corrected chi connectivity index (χ2v) is 8.23. The van der Waals surface area contributed by atoms with Crippen molar-refractivity contribution in [3.63, 3.8) is 0 Å². The Balaban J connectivity index is 1.52. The molecule has 4 rings (SSSR count). The van der Waals surface area contributed by atoms with Gasteiger partial charge >= 0.3 is 5.97 Å². The van der Waals surface area contributed by atoms with Crippen LogP contribution in [0, 0.1) is 0 Å². The third-order valence-corrected chi connectivity index (χ3v) is 5.69. The Hall–Kier alpha value is -2.97. The number of nitrogens with zero attached hydrogens (tertiary/aromatic N) is 3. The first kappa shape index (κ1) is 20.3. The number of amides is 1. The number of ether oxygens (including phenoxy) is 2. The van der Waals surface area contributed by atoms with Gasteiger partial charge in [0.05, 0.1) is 22.8 Å². The molecule has 0 saturated carbocycles. The normalized spacial score (nSPS) is 18.9. The van der Waals surface area contributed by atoms with Crippen molar-refractivity contribution in [3.8, 4) is 16.3 Å². The lowest BCUT2D eigenvalue weighted by atomic mass is 10.2. The summed E-state index contributed by atoms with van der Waals surface area (Å²) in [4.78, 5) is 27.9. The van der Waals surface area contributed by atoms with E-state index < -0.39 is 5.97 Å². The van der Waals surface area contributed by atoms with Gasteiger partial charge in [0.25, 0.3) is 5.91 Å². The molecule has 1 fully saturated rings. The Kier molecular flexibility index (Phi) is 5.96. The largest absolute Gasteiger partial charge is 0.452 e. The van der Waals surface area contributed by atoms with E-state index in [4.69, 9.17) is 9.47 Å². The molecule has 1 aliphatic heterocycles. The van der Waals surface area contributed by atoms with E-state index in [2.05, 4.69) is 5.10 Å². The lowest BCUT2D eigenvalue weighted by Crippen LogP contribution is -2.49. The van der Waals surface area contributed by atoms with Crippen LogP contribution >= 0.6 is 11.3 Å². The van der Waals surface area contributed by atoms with Crippen LogP contribution in [0.4, 0.5) is 0 Å². The van der Waals surface area contributed by atoms with Crippen molar-refractivity contribution >= 4 is 23.2 Å². The van der Waals surface area contributed by atoms with Gasteiger partial charge in [-0.3, -0.25) is 4.79 Å². The van der Waals surface area contributed by atoms with Crippen molar-refractivity contribution in [1.29, 1.82) is 0 Å². The Bertz CT molecular complexity index is 1010. The standard InChI is InChI=1S/C22H23N3O4S/c1-15-11-24(12-16(2)29-15)20(26)14-28-22(27)18-13-25(17-7-4-3-5-8-17)23-21(18)19-9-6-10-30-19/h3-10,13,15-16H,11-12,14H2,1-2H3/t15-,16-/m0/s1. The molecule has 3 aromatic rings. The quantitative estimate of drug-likeness (QED) is 0.586. The average Bonchev–Trinajstić information content (AvgIpc) is 3.41. The van der Waals surface area contributed by atoms with Crippen molar-refractivity contribution in [1.82, 2.24) is 14.7 Å². The summed E-state index contributed by atoms with van der Waals surface area (Å²) in [5.74, 6) is -0.790. The van der Waals surface area contributed by atoms with E-state index in [0.717, 1.165) is 10.6 Å². The van der Waals surface area contributed by atoms with Gasteiger partial charge in [-0.2, -0.15) is 5.10 Å². The van der Waals surface area contributed by atoms with E-state index in [-0.39, 0.29) is 24.7 Å². The van der Waals surface area contributed by atoms with Crippen LogP contribution in [0.15, 0.2) is 54.0 Å². The van der Waals surface area contributed by atoms with Gasteiger partial charge in [-0.25, -0.2) is 9.48 Å². The van der Waals surface area contributed by atoms with E-state index in [1.807, 2.05) is 61.7 Å². The number of carbonyl (C=O) groups excluding carboxylic acids is 2. The predicted octanol–water partition coefficient (Wildman–Crippen LogP) is 3.39. The molecule has 0 unspecified atom stereocenters. The van der Waals surface area contributed by atoms with Crippen LogP contribution in [0.2, 0.25) is 0 Å². The van der Waals surface area contributed by atoms with Crippen LogP contribution in [0.5, 0.6) is 0 Å². The molecule has 0 aliphatic carbocycles. The monoisotopic (exact) mass is 425 g/mol. The molecule has 2 atom stereocenters. The molecule has 8 heteroatoms. The molecular formula is C22H23N3O4S. The van der Waals surface area contributed by atoms with E-state index >= 15 is 0 Å². The first-order chi connectivity index (χ1) is 14.5. The van der Waals surface area contributed by atoms with E-state index in [1.54, 1.807) is 15.8 Å². The summed E-state index contributed by atoms with van der Waals surface area (Å²) in [6.07, 6.45) is 1.57. The van der Waals surface area contributed by atoms with Gasteiger partial charge in [0.2, 0.25) is 0 Å². The molecule has 1 saturated heterocycles. The van der Waals surface area contributed by atoms with Crippen molar-refractivity contribution in [3.05, 3.63) is 59.6 Å². The van der Waals surface area contributed by atoms with Gasteiger partial charge in [-0.05, 0) is 37.4 Å². The van der Waals surface area contributed by atoms with Gasteiger partial charge < -0.3 is 14.4 Å². The highest BCUT2D eigenvalue weighted by molar-refractivity contribution is 7.13. The summed E-state index contributed by atoms with van der Waals surface area (Å²) in [7, 11) is 0. The minimum atomic E-state index is -0.566. The number of para-hydroxylation sites is 1. The molecule has 0 bridgehead atoms. The number of hydrogen-bond acceptors (Lipinski definition) is 6. The molecule has 1 amide bonds. The number of benzene rings is 1. The van der Waals surface area contributed by atoms with E-state index in [0.29, 0.717) is 24.3 Å². The number of morpholine rings is 1. The second kappa shape index (κ2) is 8.81. The van der Waals surface area contributed by atoms with Crippen LogP contribution in [0.3, 0.4) is 0 Å². The highest BCUT2D eigenvalue weighted by Gasteiger charge is 2.27. The maximum absolute atomic E-state index is 12.9. The number of esters is 1. The summed E-state index contributed by atoms with van der Waals surface area (Å²) < 4.78 is 12.7. The molecule has 0 radical (unpaired) electrons. The zero-order valence-electron chi connectivity index (χ0n) is 16.9. The van der Waals surface area contributed by atoms with Crippen LogP contribution in [-0.4, -0.2) is 58.5 Å². The molecule has 1 aliphatic rings. The van der Waals surface area contributed by atoms with Crippen molar-refractivity contribution < 1.29 is 19.1 Å². The Morgan fingerprint density at radius 2 is 1.87 bits per heavy atom. The number of carbonyl (C=O) groups is 2. The van der Waals surface area contributed by atoms with E-state index in [1.165, 1.54) is 11.3 Å². The molecule has 7 nitrogen and oxygen atoms in total. The molecule has 0 spiro atoms. The predicted molar refractivity (Wildman–Crippen MR) is 114 cm³/mol. The minimum absolute atomic E-state index is 0.0389. The molecule has 3 heterocycles. The maximum atomic E-state index is 12.9. The Labute approximate surface area is 178 Å². The summed E-state index contributed by atoms with van der Waals surface area (Å²) in [6.45, 7) is 4.53. The maximum Gasteiger partial charge on any atom is 0.342 e. The summed E-state index contributed by atoms with van der Waals surface area (Å²) in [6, 6.07) is 13.4. The highest BCUT2D eigenvalue weighted by Crippen LogP contribution is 2.28. The van der Waals surface area contributed by atoms with Crippen LogP contribution < -0.4 is 0 Å². The molecule has 30 heavy (non-hydrogen) atoms. The van der Waals surface area contributed by atoms with Crippen molar-refractivity contribution in [2.24, 2.45) is 0 Å². The SMILES string of the molecule is C[C@H]1CN(C(=O)COC(=O)c2cn(-c3ccccc3)nc2-c2cccs2)C[C@H](C)O1. The number of rotatable bonds is 5. The minimum Gasteiger partial charge on any atom is -0.452 e. The third-order valence-electron chi connectivity index (χ3n) is 4.81. The zero-order valence-corrected chi connectivity index (χ0v) is 17.7. The van der Waals surface area contributed by atoms with Gasteiger partial charge in [0, 0.05) is 19.3 Å². The van der Waals surface area contributed by atoms with Crippen LogP contribution in [0.1, 0.15) is 24.2 Å². The zero-order chi connectivity index (χ0) is 21.1. The lowest BCUT2D eigenvalue weighted by molar-refractivity contribution is -0.146. The molecule has 0 N–H and O–H groups in total. The first-order valence-corrected chi connectivity index (χ1v) is 10.7.